The Morgan fingerprint density at radius 2 is 1.83 bits per heavy atom. The molecule has 0 aliphatic carbocycles. The minimum absolute atomic E-state index is 0.0298. The van der Waals surface area contributed by atoms with E-state index < -0.39 is 12.1 Å². The number of hydrogen-bond acceptors (Lipinski definition) is 9. The average Bonchev–Trinajstić information content (AvgIpc) is 2.84. The maximum Gasteiger partial charge on any atom is 0.337 e. The first-order valence-electron chi connectivity index (χ1n) is 11.9. The molecule has 194 valence electrons. The van der Waals surface area contributed by atoms with Gasteiger partial charge in [0.2, 0.25) is 5.78 Å². The van der Waals surface area contributed by atoms with Gasteiger partial charge in [-0.25, -0.2) is 4.79 Å². The quantitative estimate of drug-likeness (QED) is 0.0418. The van der Waals surface area contributed by atoms with Crippen molar-refractivity contribution in [3.63, 3.8) is 0 Å². The molecule has 0 saturated carbocycles. The molecule has 35 heavy (non-hydrogen) atoms. The molecule has 9 heteroatoms. The highest BCUT2D eigenvalue weighted by Crippen LogP contribution is 2.20. The van der Waals surface area contributed by atoms with Crippen molar-refractivity contribution < 1.29 is 33.8 Å². The molecule has 1 unspecified atom stereocenters. The van der Waals surface area contributed by atoms with E-state index in [9.17, 15) is 19.5 Å². The molecule has 0 spiro atoms. The van der Waals surface area contributed by atoms with E-state index in [4.69, 9.17) is 14.3 Å². The number of oxime groups is 1. The zero-order chi connectivity index (χ0) is 25.9. The number of carbonyl (C=O) groups is 3. The Morgan fingerprint density at radius 3 is 2.49 bits per heavy atom. The van der Waals surface area contributed by atoms with Crippen LogP contribution in [0, 0.1) is 0 Å². The molecule has 0 aromatic heterocycles. The molecule has 0 heterocycles. The lowest BCUT2D eigenvalue weighted by Crippen LogP contribution is -2.16. The molecule has 1 rings (SSSR count). The minimum Gasteiger partial charge on any atom is -0.465 e. The molecule has 0 radical (unpaired) electrons. The van der Waals surface area contributed by atoms with Gasteiger partial charge in [-0.3, -0.25) is 9.59 Å². The number of nitrogens with zero attached hydrogens (tertiary/aromatic N) is 1. The number of thioether (sulfide) groups is 1. The van der Waals surface area contributed by atoms with E-state index in [1.54, 1.807) is 37.3 Å². The number of ether oxygens (including phenoxy) is 2. The number of unbranched alkanes of at least 4 members (excludes halogenated alkanes) is 3. The molecule has 1 aromatic carbocycles. The van der Waals surface area contributed by atoms with Crippen LogP contribution in [-0.2, 0) is 23.9 Å². The van der Waals surface area contributed by atoms with E-state index in [0.717, 1.165) is 30.6 Å². The van der Waals surface area contributed by atoms with Crippen LogP contribution in [-0.4, -0.2) is 60.2 Å². The van der Waals surface area contributed by atoms with Gasteiger partial charge in [0, 0.05) is 16.9 Å². The molecule has 0 aliphatic heterocycles. The van der Waals surface area contributed by atoms with Gasteiger partial charge in [-0.1, -0.05) is 37.4 Å². The minimum atomic E-state index is -0.569. The van der Waals surface area contributed by atoms with E-state index >= 15 is 0 Å². The van der Waals surface area contributed by atoms with Crippen molar-refractivity contribution in [1.82, 2.24) is 0 Å². The third-order valence-corrected chi connectivity index (χ3v) is 5.73. The molecule has 8 nitrogen and oxygen atoms in total. The highest BCUT2D eigenvalue weighted by Gasteiger charge is 2.16. The van der Waals surface area contributed by atoms with Crippen LogP contribution in [0.2, 0.25) is 0 Å². The Labute approximate surface area is 212 Å². The summed E-state index contributed by atoms with van der Waals surface area (Å²) in [6.07, 6.45) is 5.75. The summed E-state index contributed by atoms with van der Waals surface area (Å²) >= 11 is 1.29. The number of rotatable bonds is 19. The summed E-state index contributed by atoms with van der Waals surface area (Å²) in [6, 6.07) is 6.82. The van der Waals surface area contributed by atoms with Crippen LogP contribution in [0.5, 0.6) is 0 Å². The van der Waals surface area contributed by atoms with Gasteiger partial charge in [-0.2, -0.15) is 0 Å². The molecule has 1 aromatic rings. The summed E-state index contributed by atoms with van der Waals surface area (Å²) in [7, 11) is 0. The number of ketones is 1. The Kier molecular flexibility index (Phi) is 16.4. The zero-order valence-corrected chi connectivity index (χ0v) is 21.5. The second kappa shape index (κ2) is 18.8. The van der Waals surface area contributed by atoms with Crippen LogP contribution in [0.1, 0.15) is 69.2 Å². The summed E-state index contributed by atoms with van der Waals surface area (Å²) in [5.74, 6) is -1.11. The smallest absolute Gasteiger partial charge is 0.337 e. The standard InChI is InChI=1S/C26H37NO7S/c1-4-6-7-8-9-23(27-34-24(29)15-17-32-16-5-2)26(31)21-10-12-22(13-11-21)35-19-25(30)33-18-14-20(3)28/h5,10-13,20,28H,2,4,6-9,14-19H2,1,3H3/b27-23+. The van der Waals surface area contributed by atoms with E-state index in [-0.39, 0.29) is 42.9 Å². The number of esters is 1. The van der Waals surface area contributed by atoms with Crippen molar-refractivity contribution in [3.05, 3.63) is 42.5 Å². The lowest BCUT2D eigenvalue weighted by molar-refractivity contribution is -0.145. The summed E-state index contributed by atoms with van der Waals surface area (Å²) in [4.78, 5) is 42.5. The first kappa shape index (κ1) is 30.5. The topological polar surface area (TPSA) is 111 Å². The first-order valence-corrected chi connectivity index (χ1v) is 12.9. The van der Waals surface area contributed by atoms with E-state index in [0.29, 0.717) is 25.0 Å². The molecule has 0 fully saturated rings. The SMILES string of the molecule is C=CCOCCC(=O)O/N=C(\CCCCCC)C(=O)c1ccc(SCC(=O)OCCC(C)O)cc1. The third-order valence-electron chi connectivity index (χ3n) is 4.74. The van der Waals surface area contributed by atoms with Gasteiger partial charge in [0.15, 0.2) is 0 Å². The number of aliphatic hydroxyl groups excluding tert-OH is 1. The normalized spacial score (nSPS) is 12.1. The highest BCUT2D eigenvalue weighted by molar-refractivity contribution is 8.00. The first-order chi connectivity index (χ1) is 16.9. The Balaban J connectivity index is 2.69. The molecule has 0 amide bonds. The van der Waals surface area contributed by atoms with Gasteiger partial charge in [-0.05, 0) is 44.0 Å². The Morgan fingerprint density at radius 1 is 1.09 bits per heavy atom. The summed E-state index contributed by atoms with van der Waals surface area (Å²) in [5.41, 5.74) is 0.622. The van der Waals surface area contributed by atoms with Crippen LogP contribution in [0.4, 0.5) is 0 Å². The lowest BCUT2D eigenvalue weighted by atomic mass is 10.0. The summed E-state index contributed by atoms with van der Waals surface area (Å²) in [6.45, 7) is 7.98. The van der Waals surface area contributed by atoms with E-state index in [2.05, 4.69) is 18.7 Å². The van der Waals surface area contributed by atoms with Crippen molar-refractivity contribution in [1.29, 1.82) is 0 Å². The lowest BCUT2D eigenvalue weighted by Gasteiger charge is -2.08. The Bertz CT molecular complexity index is 821. The predicted octanol–water partition coefficient (Wildman–Crippen LogP) is 4.74. The van der Waals surface area contributed by atoms with Gasteiger partial charge in [0.25, 0.3) is 0 Å². The number of aliphatic hydroxyl groups is 1. The van der Waals surface area contributed by atoms with Crippen molar-refractivity contribution in [2.45, 2.75) is 69.8 Å². The van der Waals surface area contributed by atoms with Crippen molar-refractivity contribution in [3.8, 4) is 0 Å². The van der Waals surface area contributed by atoms with Crippen LogP contribution in [0.25, 0.3) is 0 Å². The second-order valence-corrected chi connectivity index (χ2v) is 8.97. The largest absolute Gasteiger partial charge is 0.465 e. The maximum atomic E-state index is 13.0. The summed E-state index contributed by atoms with van der Waals surface area (Å²) < 4.78 is 10.2. The predicted molar refractivity (Wildman–Crippen MR) is 137 cm³/mol. The van der Waals surface area contributed by atoms with Crippen molar-refractivity contribution in [2.24, 2.45) is 5.16 Å². The van der Waals surface area contributed by atoms with E-state index in [1.165, 1.54) is 11.8 Å². The van der Waals surface area contributed by atoms with Crippen LogP contribution in [0.3, 0.4) is 0 Å². The molecule has 0 bridgehead atoms. The summed E-state index contributed by atoms with van der Waals surface area (Å²) in [5, 5.41) is 13.1. The van der Waals surface area contributed by atoms with Crippen molar-refractivity contribution >= 4 is 35.2 Å². The second-order valence-electron chi connectivity index (χ2n) is 7.93. The maximum absolute atomic E-state index is 13.0. The molecule has 0 saturated heterocycles. The van der Waals surface area contributed by atoms with Crippen LogP contribution in [0.15, 0.2) is 47.0 Å². The van der Waals surface area contributed by atoms with Gasteiger partial charge in [-0.15, -0.1) is 18.3 Å². The average molecular weight is 508 g/mol. The van der Waals surface area contributed by atoms with Gasteiger partial charge >= 0.3 is 11.9 Å². The Hall–Kier alpha value is -2.49. The fourth-order valence-electron chi connectivity index (χ4n) is 2.79. The van der Waals surface area contributed by atoms with Crippen molar-refractivity contribution in [2.75, 3.05) is 25.6 Å². The molecule has 1 atom stereocenters. The van der Waals surface area contributed by atoms with Crippen LogP contribution >= 0.6 is 11.8 Å². The number of hydrogen-bond donors (Lipinski definition) is 1. The number of carbonyl (C=O) groups excluding carboxylic acids is 3. The molecular weight excluding hydrogens is 470 g/mol. The number of benzene rings is 1. The fourth-order valence-corrected chi connectivity index (χ4v) is 3.49. The molecular formula is C26H37NO7S. The van der Waals surface area contributed by atoms with Crippen LogP contribution < -0.4 is 0 Å². The third kappa shape index (κ3) is 14.5. The fraction of sp³-hybridized carbons (Fsp3) is 0.538. The van der Waals surface area contributed by atoms with Gasteiger partial charge < -0.3 is 19.4 Å². The molecule has 0 aliphatic rings. The van der Waals surface area contributed by atoms with Gasteiger partial charge in [0.05, 0.1) is 38.1 Å². The number of Topliss-reactive ketones (excluding diaryl/α,β-unsaturated/α-hetero) is 1. The molecule has 1 N–H and O–H groups in total. The zero-order valence-electron chi connectivity index (χ0n) is 20.7. The van der Waals surface area contributed by atoms with E-state index in [1.807, 2.05) is 0 Å². The van der Waals surface area contributed by atoms with Gasteiger partial charge in [0.1, 0.15) is 5.71 Å². The highest BCUT2D eigenvalue weighted by atomic mass is 32.2. The monoisotopic (exact) mass is 507 g/mol.